The highest BCUT2D eigenvalue weighted by Crippen LogP contribution is 2.23. The van der Waals surface area contributed by atoms with Gasteiger partial charge in [-0.3, -0.25) is 0 Å². The Bertz CT molecular complexity index is 652. The smallest absolute Gasteiger partial charge is 0.489 e. The lowest BCUT2D eigenvalue weighted by Crippen LogP contribution is -2.31. The average molecular weight is 282 g/mol. The monoisotopic (exact) mass is 282 g/mol. The van der Waals surface area contributed by atoms with Gasteiger partial charge in [-0.05, 0) is 48.9 Å². The first-order valence-corrected chi connectivity index (χ1v) is 7.33. The number of hydrogen-bond donors (Lipinski definition) is 2. The van der Waals surface area contributed by atoms with E-state index in [1.165, 1.54) is 24.0 Å². The largest absolute Gasteiger partial charge is 0.492 e. The van der Waals surface area contributed by atoms with E-state index in [2.05, 4.69) is 18.2 Å². The summed E-state index contributed by atoms with van der Waals surface area (Å²) in [6, 6.07) is 11.9. The summed E-state index contributed by atoms with van der Waals surface area (Å²) in [4.78, 5) is 0. The predicted octanol–water partition coefficient (Wildman–Crippen LogP) is 1.74. The Morgan fingerprint density at radius 1 is 1.05 bits per heavy atom. The molecule has 3 nitrogen and oxygen atoms in total. The molecule has 4 heteroatoms. The Morgan fingerprint density at radius 2 is 1.86 bits per heavy atom. The van der Waals surface area contributed by atoms with Crippen LogP contribution in [0.5, 0.6) is 5.75 Å². The lowest BCUT2D eigenvalue weighted by atomic mass is 9.79. The van der Waals surface area contributed by atoms with Gasteiger partial charge >= 0.3 is 7.12 Å². The Kier molecular flexibility index (Phi) is 4.00. The van der Waals surface area contributed by atoms with Crippen molar-refractivity contribution in [3.05, 3.63) is 58.7 Å². The van der Waals surface area contributed by atoms with Crippen LogP contribution in [0.25, 0.3) is 0 Å². The van der Waals surface area contributed by atoms with Crippen LogP contribution in [-0.4, -0.2) is 17.2 Å². The summed E-state index contributed by atoms with van der Waals surface area (Å²) in [6.07, 6.45) is 3.56. The van der Waals surface area contributed by atoms with Gasteiger partial charge in [-0.2, -0.15) is 0 Å². The molecule has 1 aliphatic rings. The molecule has 0 bridgehead atoms. The second-order valence-corrected chi connectivity index (χ2v) is 5.66. The maximum absolute atomic E-state index is 9.43. The minimum atomic E-state index is -1.51. The molecule has 0 saturated heterocycles. The topological polar surface area (TPSA) is 49.7 Å². The molecule has 108 valence electrons. The van der Waals surface area contributed by atoms with Crippen molar-refractivity contribution in [2.45, 2.75) is 32.8 Å². The number of ether oxygens (including phenoxy) is 1. The molecule has 0 radical (unpaired) electrons. The summed E-state index contributed by atoms with van der Waals surface area (Å²) in [5.74, 6) is 0.524. The van der Waals surface area contributed by atoms with Crippen molar-refractivity contribution in [3.8, 4) is 5.75 Å². The van der Waals surface area contributed by atoms with Crippen LogP contribution >= 0.6 is 0 Å². The zero-order valence-corrected chi connectivity index (χ0v) is 12.2. The number of benzene rings is 2. The van der Waals surface area contributed by atoms with Gasteiger partial charge in [0.05, 0.1) is 0 Å². The van der Waals surface area contributed by atoms with Crippen molar-refractivity contribution in [3.63, 3.8) is 0 Å². The molecule has 0 spiro atoms. The fourth-order valence-electron chi connectivity index (χ4n) is 2.88. The summed E-state index contributed by atoms with van der Waals surface area (Å²) >= 11 is 0. The van der Waals surface area contributed by atoms with Gasteiger partial charge in [0.2, 0.25) is 0 Å². The fourth-order valence-corrected chi connectivity index (χ4v) is 2.88. The van der Waals surface area contributed by atoms with Crippen LogP contribution in [0.3, 0.4) is 0 Å². The summed E-state index contributed by atoms with van der Waals surface area (Å²) in [5.41, 5.74) is 5.37. The maximum atomic E-state index is 9.43. The Balaban J connectivity index is 1.76. The third-order valence-electron chi connectivity index (χ3n) is 4.00. The van der Waals surface area contributed by atoms with E-state index in [-0.39, 0.29) is 0 Å². The molecule has 2 aromatic carbocycles. The predicted molar refractivity (Wildman–Crippen MR) is 83.8 cm³/mol. The van der Waals surface area contributed by atoms with Crippen molar-refractivity contribution < 1.29 is 14.8 Å². The third-order valence-corrected chi connectivity index (χ3v) is 4.00. The highest BCUT2D eigenvalue weighted by atomic mass is 16.5. The third kappa shape index (κ3) is 3.12. The van der Waals surface area contributed by atoms with Gasteiger partial charge in [-0.25, -0.2) is 0 Å². The normalized spacial score (nSPS) is 13.1. The molecule has 0 unspecified atom stereocenters. The Hall–Kier alpha value is -1.78. The molecule has 0 aliphatic heterocycles. The van der Waals surface area contributed by atoms with E-state index in [0.717, 1.165) is 17.5 Å². The number of rotatable bonds is 4. The van der Waals surface area contributed by atoms with Crippen molar-refractivity contribution in [2.24, 2.45) is 0 Å². The van der Waals surface area contributed by atoms with E-state index in [0.29, 0.717) is 17.8 Å². The lowest BCUT2D eigenvalue weighted by molar-refractivity contribution is 0.306. The highest BCUT2D eigenvalue weighted by molar-refractivity contribution is 6.59. The summed E-state index contributed by atoms with van der Waals surface area (Å²) < 4.78 is 5.78. The SMILES string of the molecule is Cc1ccc(OCc2ccc3c(c2)CCC3)c(B(O)O)c1. The molecule has 1 aliphatic carbocycles. The number of aryl methyl sites for hydroxylation is 3. The summed E-state index contributed by atoms with van der Waals surface area (Å²) in [5, 5.41) is 18.9. The first-order valence-electron chi connectivity index (χ1n) is 7.33. The molecule has 0 amide bonds. The summed E-state index contributed by atoms with van der Waals surface area (Å²) in [6.45, 7) is 2.35. The first kappa shape index (κ1) is 14.2. The van der Waals surface area contributed by atoms with Gasteiger partial charge in [0, 0.05) is 5.46 Å². The van der Waals surface area contributed by atoms with Crippen LogP contribution in [0.2, 0.25) is 0 Å². The van der Waals surface area contributed by atoms with Crippen LogP contribution in [0.15, 0.2) is 36.4 Å². The van der Waals surface area contributed by atoms with Crippen molar-refractivity contribution in [2.75, 3.05) is 0 Å². The van der Waals surface area contributed by atoms with Crippen molar-refractivity contribution in [1.29, 1.82) is 0 Å². The van der Waals surface area contributed by atoms with Crippen LogP contribution in [0.4, 0.5) is 0 Å². The van der Waals surface area contributed by atoms with Gasteiger partial charge in [0.1, 0.15) is 12.4 Å². The molecular formula is C17H19BO3. The Labute approximate surface area is 125 Å². The quantitative estimate of drug-likeness (QED) is 0.840. The zero-order valence-electron chi connectivity index (χ0n) is 12.2. The van der Waals surface area contributed by atoms with Gasteiger partial charge in [-0.1, -0.05) is 35.9 Å². The second kappa shape index (κ2) is 5.92. The van der Waals surface area contributed by atoms with Gasteiger partial charge in [0.25, 0.3) is 0 Å². The standard InChI is InChI=1S/C17H19BO3/c1-12-5-8-17(16(9-12)18(19)20)21-11-13-6-7-14-3-2-4-15(14)10-13/h5-10,19-20H,2-4,11H2,1H3. The van der Waals surface area contributed by atoms with Crippen LogP contribution in [0, 0.1) is 6.92 Å². The average Bonchev–Trinajstić information content (AvgIpc) is 2.93. The molecule has 2 N–H and O–H groups in total. The summed E-state index contributed by atoms with van der Waals surface area (Å²) in [7, 11) is -1.51. The van der Waals surface area contributed by atoms with Crippen LogP contribution < -0.4 is 10.2 Å². The van der Waals surface area contributed by atoms with E-state index in [1.54, 1.807) is 12.1 Å². The van der Waals surface area contributed by atoms with Crippen molar-refractivity contribution >= 4 is 12.6 Å². The zero-order chi connectivity index (χ0) is 14.8. The van der Waals surface area contributed by atoms with Crippen LogP contribution in [-0.2, 0) is 19.4 Å². The molecule has 21 heavy (non-hydrogen) atoms. The van der Waals surface area contributed by atoms with E-state index in [1.807, 2.05) is 13.0 Å². The van der Waals surface area contributed by atoms with E-state index in [9.17, 15) is 10.0 Å². The molecule has 0 aromatic heterocycles. The van der Waals surface area contributed by atoms with Gasteiger partial charge < -0.3 is 14.8 Å². The lowest BCUT2D eigenvalue weighted by Gasteiger charge is -2.12. The number of hydrogen-bond acceptors (Lipinski definition) is 3. The van der Waals surface area contributed by atoms with E-state index >= 15 is 0 Å². The van der Waals surface area contributed by atoms with E-state index in [4.69, 9.17) is 4.74 Å². The van der Waals surface area contributed by atoms with Gasteiger partial charge in [0.15, 0.2) is 0 Å². The molecular weight excluding hydrogens is 263 g/mol. The minimum Gasteiger partial charge on any atom is -0.489 e. The molecule has 0 fully saturated rings. The number of fused-ring (bicyclic) bond motifs is 1. The molecule has 0 saturated carbocycles. The Morgan fingerprint density at radius 3 is 2.67 bits per heavy atom. The molecule has 3 rings (SSSR count). The van der Waals surface area contributed by atoms with Crippen LogP contribution in [0.1, 0.15) is 28.7 Å². The second-order valence-electron chi connectivity index (χ2n) is 5.66. The maximum Gasteiger partial charge on any atom is 0.492 e. The molecule has 0 atom stereocenters. The molecule has 2 aromatic rings. The fraction of sp³-hybridized carbons (Fsp3) is 0.294. The van der Waals surface area contributed by atoms with Crippen molar-refractivity contribution in [1.82, 2.24) is 0 Å². The van der Waals surface area contributed by atoms with Gasteiger partial charge in [-0.15, -0.1) is 0 Å². The first-order chi connectivity index (χ1) is 10.1. The van der Waals surface area contributed by atoms with E-state index < -0.39 is 7.12 Å². The minimum absolute atomic E-state index is 0.413. The highest BCUT2D eigenvalue weighted by Gasteiger charge is 2.17. The molecule has 0 heterocycles.